The molecule has 37 nitrogen and oxygen atoms in total. The lowest BCUT2D eigenvalue weighted by Gasteiger charge is -2.28. The van der Waals surface area contributed by atoms with Gasteiger partial charge in [-0.1, -0.05) is 27.7 Å². The molecule has 88 heavy (non-hydrogen) atoms. The van der Waals surface area contributed by atoms with E-state index in [4.69, 9.17) is 22.3 Å². The van der Waals surface area contributed by atoms with E-state index in [0.717, 1.165) is 6.92 Å². The highest BCUT2D eigenvalue weighted by Gasteiger charge is 2.37. The Morgan fingerprint density at radius 2 is 0.830 bits per heavy atom. The van der Waals surface area contributed by atoms with Crippen molar-refractivity contribution in [3.05, 3.63) is 0 Å². The third-order valence-electron chi connectivity index (χ3n) is 12.8. The minimum atomic E-state index is -1.87. The van der Waals surface area contributed by atoms with Crippen LogP contribution in [0.5, 0.6) is 0 Å². The predicted molar refractivity (Wildman–Crippen MR) is 301 cm³/mol. The summed E-state index contributed by atoms with van der Waals surface area (Å²) in [4.78, 5) is 210. The first-order valence-corrected chi connectivity index (χ1v) is 27.9. The topological polar surface area (TPSA) is 617 Å². The lowest BCUT2D eigenvalue weighted by Crippen LogP contribution is -2.61. The highest BCUT2D eigenvalue weighted by Crippen LogP contribution is 2.13. The first-order valence-electron chi connectivity index (χ1n) is 27.9. The van der Waals surface area contributed by atoms with Crippen LogP contribution in [0.1, 0.15) is 118 Å². The van der Waals surface area contributed by atoms with Crippen molar-refractivity contribution in [3.8, 4) is 0 Å². The lowest BCUT2D eigenvalue weighted by atomic mass is 10.0. The fourth-order valence-corrected chi connectivity index (χ4v) is 8.24. The Labute approximate surface area is 503 Å². The number of aliphatic hydroxyl groups is 2. The highest BCUT2D eigenvalue weighted by atomic mass is 16.4. The quantitative estimate of drug-likeness (QED) is 0.0153. The van der Waals surface area contributed by atoms with Crippen LogP contribution in [-0.4, -0.2) is 218 Å². The van der Waals surface area contributed by atoms with Crippen LogP contribution in [0.2, 0.25) is 0 Å². The Balaban J connectivity index is 3.53. The van der Waals surface area contributed by atoms with Gasteiger partial charge in [0, 0.05) is 32.2 Å². The summed E-state index contributed by atoms with van der Waals surface area (Å²) in [5.41, 5.74) is 16.2. The van der Waals surface area contributed by atoms with Gasteiger partial charge in [0.15, 0.2) is 5.96 Å². The number of primary amides is 1. The van der Waals surface area contributed by atoms with E-state index in [1.165, 1.54) is 0 Å². The SMILES string of the molecule is CC(C)C[C@H](NC(=O)[C@H](C)NC(=O)[C@H](CCCN=C(N)N)NC(=O)[C@H](CCC(=O)O)NC(=O)[C@H](CC(C)C)NC(=O)[C@H](CCC(=O)O)NC(=O)[C@H](CCC(=O)O)NC(=O)[C@@H]1CCC(=O)N1)C(=O)N[C@@H](CC(N)=O)C(=O)N[C@@H](CO)C(=O)N[C@@H](CO)C(=O)O. The van der Waals surface area contributed by atoms with Gasteiger partial charge in [0.05, 0.1) is 19.6 Å². The van der Waals surface area contributed by atoms with Crippen molar-refractivity contribution in [3.63, 3.8) is 0 Å². The second-order valence-corrected chi connectivity index (χ2v) is 21.3. The molecule has 1 aliphatic rings. The second-order valence-electron chi connectivity index (χ2n) is 21.3. The van der Waals surface area contributed by atoms with Gasteiger partial charge in [-0.2, -0.15) is 0 Å². The number of nitrogens with one attached hydrogen (secondary N) is 11. The number of aliphatic hydroxyl groups excluding tert-OH is 2. The standard InChI is InChI=1S/C51H83N15O22/c1-22(2)17-30(47(84)64-32(19-35(52)69)48(85)65-33(20-67)49(86)66-34(21-68)50(87)88)62-40(77)24(5)56-41(78)25(7-6-16-55-51(53)54)58-43(80)28(10-14-38(73)74)61-46(83)31(18-23(3)4)63-45(82)29(11-15-39(75)76)60-44(81)27(9-13-37(71)72)59-42(79)26-8-12-36(70)57-26/h22-34,67-68H,6-21H2,1-5H3,(H2,52,69)(H,56,78)(H,57,70)(H,58,80)(H,59,79)(H,60,81)(H,61,83)(H,62,77)(H,63,82)(H,64,84)(H,65,85)(H,66,86)(H,71,72)(H,73,74)(H,75,76)(H,87,88)(H4,53,54,55)/t24-,25-,26-,27-,28-,29-,30-,31-,32-,33-,34-/m0/s1. The van der Waals surface area contributed by atoms with Crippen molar-refractivity contribution >= 4 is 101 Å². The van der Waals surface area contributed by atoms with Crippen LogP contribution in [-0.2, 0) is 76.7 Å². The van der Waals surface area contributed by atoms with Gasteiger partial charge in [-0.25, -0.2) is 4.79 Å². The summed E-state index contributed by atoms with van der Waals surface area (Å²) in [5.74, 6) is -19.9. The van der Waals surface area contributed by atoms with E-state index in [0.29, 0.717) is 0 Å². The maximum Gasteiger partial charge on any atom is 0.328 e. The number of carboxylic acids is 4. The van der Waals surface area contributed by atoms with Gasteiger partial charge >= 0.3 is 23.9 Å². The minimum absolute atomic E-state index is 0.0107. The van der Waals surface area contributed by atoms with Crippen LogP contribution in [0, 0.1) is 11.8 Å². The Bertz CT molecular complexity index is 2560. The van der Waals surface area contributed by atoms with Gasteiger partial charge in [-0.05, 0) is 70.1 Å². The van der Waals surface area contributed by atoms with E-state index in [-0.39, 0.29) is 56.9 Å². The fourth-order valence-electron chi connectivity index (χ4n) is 8.24. The fraction of sp³-hybridized carbons (Fsp3) is 0.667. The second kappa shape index (κ2) is 38.7. The Morgan fingerprint density at radius 1 is 0.477 bits per heavy atom. The number of rotatable bonds is 42. The number of carboxylic acid groups (broad SMARTS) is 4. The lowest BCUT2D eigenvalue weighted by molar-refractivity contribution is -0.144. The molecule has 0 aromatic carbocycles. The molecule has 1 heterocycles. The van der Waals surface area contributed by atoms with E-state index in [2.05, 4.69) is 52.8 Å². The first-order chi connectivity index (χ1) is 41.1. The molecule has 12 amide bonds. The molecule has 0 bridgehead atoms. The molecule has 1 aliphatic heterocycles. The van der Waals surface area contributed by atoms with E-state index in [1.54, 1.807) is 27.7 Å². The Kier molecular flexibility index (Phi) is 33.7. The van der Waals surface area contributed by atoms with E-state index in [9.17, 15) is 102 Å². The zero-order valence-corrected chi connectivity index (χ0v) is 49.2. The number of hydrogen-bond acceptors (Lipinski definition) is 19. The molecule has 0 aromatic heterocycles. The number of carbonyl (C=O) groups excluding carboxylic acids is 12. The average molecular weight is 1260 g/mol. The van der Waals surface area contributed by atoms with Gasteiger partial charge in [0.25, 0.3) is 0 Å². The number of aliphatic imine (C=N–C) groups is 1. The van der Waals surface area contributed by atoms with Gasteiger partial charge in [0.1, 0.15) is 66.5 Å². The van der Waals surface area contributed by atoms with E-state index in [1.807, 2.05) is 10.6 Å². The molecule has 0 aromatic rings. The summed E-state index contributed by atoms with van der Waals surface area (Å²) in [6, 6.07) is -18.2. The number of nitrogens with two attached hydrogens (primary N) is 3. The van der Waals surface area contributed by atoms with Gasteiger partial charge in [0.2, 0.25) is 70.9 Å². The summed E-state index contributed by atoms with van der Waals surface area (Å²) < 4.78 is 0. The molecule has 23 N–H and O–H groups in total. The van der Waals surface area contributed by atoms with Crippen molar-refractivity contribution in [1.29, 1.82) is 0 Å². The van der Waals surface area contributed by atoms with Crippen LogP contribution in [0.3, 0.4) is 0 Å². The normalized spacial score (nSPS) is 16.1. The maximum absolute atomic E-state index is 14.2. The molecule has 11 atom stereocenters. The average Bonchev–Trinajstić information content (AvgIpc) is 3.27. The Morgan fingerprint density at radius 3 is 1.22 bits per heavy atom. The number of carbonyl (C=O) groups is 16. The van der Waals surface area contributed by atoms with Gasteiger partial charge < -0.3 is 106 Å². The van der Waals surface area contributed by atoms with Crippen molar-refractivity contribution in [2.24, 2.45) is 34.0 Å². The number of amides is 12. The molecule has 0 saturated carbocycles. The minimum Gasteiger partial charge on any atom is -0.481 e. The molecule has 1 rings (SSSR count). The number of guanidine groups is 1. The third-order valence-corrected chi connectivity index (χ3v) is 12.8. The highest BCUT2D eigenvalue weighted by molar-refractivity contribution is 6.00. The van der Waals surface area contributed by atoms with Crippen molar-refractivity contribution in [2.45, 2.75) is 185 Å². The molecular formula is C51H83N15O22. The number of hydrogen-bond donors (Lipinski definition) is 20. The molecular weight excluding hydrogens is 1170 g/mol. The monoisotopic (exact) mass is 1260 g/mol. The number of aliphatic carboxylic acids is 4. The molecule has 0 spiro atoms. The molecule has 0 unspecified atom stereocenters. The molecule has 0 radical (unpaired) electrons. The number of nitrogens with zero attached hydrogens (tertiary/aromatic N) is 1. The summed E-state index contributed by atoms with van der Waals surface area (Å²) in [6.07, 6.45) is -5.50. The largest absolute Gasteiger partial charge is 0.481 e. The predicted octanol–water partition coefficient (Wildman–Crippen LogP) is -8.18. The van der Waals surface area contributed by atoms with Gasteiger partial charge in [-0.3, -0.25) is 76.9 Å². The Hall–Kier alpha value is -9.29. The van der Waals surface area contributed by atoms with Crippen LogP contribution >= 0.6 is 0 Å². The van der Waals surface area contributed by atoms with Crippen molar-refractivity contribution < 1.29 is 107 Å². The van der Waals surface area contributed by atoms with E-state index >= 15 is 0 Å². The van der Waals surface area contributed by atoms with Crippen molar-refractivity contribution in [2.75, 3.05) is 19.8 Å². The molecule has 1 saturated heterocycles. The van der Waals surface area contributed by atoms with Crippen LogP contribution in [0.4, 0.5) is 0 Å². The summed E-state index contributed by atoms with van der Waals surface area (Å²) in [5, 5.41) is 81.8. The summed E-state index contributed by atoms with van der Waals surface area (Å²) in [6.45, 7) is 5.35. The van der Waals surface area contributed by atoms with Gasteiger partial charge in [-0.15, -0.1) is 0 Å². The van der Waals surface area contributed by atoms with Crippen molar-refractivity contribution in [1.82, 2.24) is 58.5 Å². The van der Waals surface area contributed by atoms with Crippen LogP contribution in [0.15, 0.2) is 4.99 Å². The maximum atomic E-state index is 14.2. The zero-order valence-electron chi connectivity index (χ0n) is 49.2. The summed E-state index contributed by atoms with van der Waals surface area (Å²) in [7, 11) is 0. The smallest absolute Gasteiger partial charge is 0.328 e. The molecule has 37 heteroatoms. The summed E-state index contributed by atoms with van der Waals surface area (Å²) >= 11 is 0. The first kappa shape index (κ1) is 76.7. The third kappa shape index (κ3) is 29.7. The molecule has 1 fully saturated rings. The van der Waals surface area contributed by atoms with Crippen LogP contribution in [0.25, 0.3) is 0 Å². The van der Waals surface area contributed by atoms with Crippen LogP contribution < -0.4 is 75.7 Å². The zero-order chi connectivity index (χ0) is 67.1. The molecule has 494 valence electrons. The van der Waals surface area contributed by atoms with E-state index < -0.39 is 225 Å². The molecule has 0 aliphatic carbocycles.